The minimum atomic E-state index is -3.75. The van der Waals surface area contributed by atoms with E-state index in [-0.39, 0.29) is 10.8 Å². The molecule has 1 amide bonds. The average molecular weight is 446 g/mol. The van der Waals surface area contributed by atoms with Crippen molar-refractivity contribution in [3.05, 3.63) is 52.1 Å². The fourth-order valence-electron chi connectivity index (χ4n) is 1.74. The third kappa shape index (κ3) is 5.19. The Bertz CT molecular complexity index is 789. The van der Waals surface area contributed by atoms with Gasteiger partial charge in [0.05, 0.1) is 4.90 Å². The number of benzene rings is 2. The maximum Gasteiger partial charge on any atom is 0.265 e. The molecule has 0 aliphatic rings. The largest absolute Gasteiger partial charge is 0.481 e. The van der Waals surface area contributed by atoms with Crippen molar-refractivity contribution in [2.45, 2.75) is 17.9 Å². The van der Waals surface area contributed by atoms with E-state index in [1.807, 2.05) is 12.1 Å². The molecule has 0 spiro atoms. The highest BCUT2D eigenvalue weighted by Gasteiger charge is 2.15. The first-order valence-corrected chi connectivity index (χ1v) is 9.24. The molecule has 2 rings (SSSR count). The Morgan fingerprint density at radius 1 is 1.13 bits per heavy atom. The molecule has 0 heterocycles. The van der Waals surface area contributed by atoms with Gasteiger partial charge in [-0.1, -0.05) is 0 Å². The van der Waals surface area contributed by atoms with Crippen LogP contribution >= 0.6 is 22.6 Å². The highest BCUT2D eigenvalue weighted by molar-refractivity contribution is 14.1. The summed E-state index contributed by atoms with van der Waals surface area (Å²) < 4.78 is 29.0. The lowest BCUT2D eigenvalue weighted by Crippen LogP contribution is -2.30. The molecule has 0 bridgehead atoms. The van der Waals surface area contributed by atoms with Crippen molar-refractivity contribution in [2.75, 3.05) is 5.32 Å². The van der Waals surface area contributed by atoms with Gasteiger partial charge in [-0.05, 0) is 78.0 Å². The second kappa shape index (κ2) is 7.28. The Hall–Kier alpha value is -1.65. The third-order valence-electron chi connectivity index (χ3n) is 2.95. The molecule has 0 radical (unpaired) electrons. The molecule has 23 heavy (non-hydrogen) atoms. The van der Waals surface area contributed by atoms with Gasteiger partial charge in [0.1, 0.15) is 5.75 Å². The number of primary sulfonamides is 1. The maximum atomic E-state index is 12.1. The number of hydrogen-bond acceptors (Lipinski definition) is 4. The molecule has 0 unspecified atom stereocenters. The molecule has 0 aliphatic carbocycles. The first kappa shape index (κ1) is 17.7. The Morgan fingerprint density at radius 2 is 1.70 bits per heavy atom. The van der Waals surface area contributed by atoms with Crippen LogP contribution in [0.25, 0.3) is 0 Å². The van der Waals surface area contributed by atoms with E-state index in [1.165, 1.54) is 24.3 Å². The number of sulfonamides is 1. The fourth-order valence-corrected chi connectivity index (χ4v) is 2.62. The molecular weight excluding hydrogens is 431 g/mol. The zero-order valence-corrected chi connectivity index (χ0v) is 15.2. The van der Waals surface area contributed by atoms with Crippen LogP contribution in [0.2, 0.25) is 0 Å². The molecule has 2 aromatic carbocycles. The van der Waals surface area contributed by atoms with E-state index in [9.17, 15) is 13.2 Å². The smallest absolute Gasteiger partial charge is 0.265 e. The number of hydrogen-bond donors (Lipinski definition) is 2. The van der Waals surface area contributed by atoms with E-state index < -0.39 is 16.1 Å². The quantitative estimate of drug-likeness (QED) is 0.689. The number of anilines is 1. The predicted molar refractivity (Wildman–Crippen MR) is 95.7 cm³/mol. The zero-order valence-electron chi connectivity index (χ0n) is 12.2. The highest BCUT2D eigenvalue weighted by atomic mass is 127. The van der Waals surface area contributed by atoms with E-state index in [0.717, 1.165) is 3.57 Å². The van der Waals surface area contributed by atoms with Crippen molar-refractivity contribution < 1.29 is 17.9 Å². The van der Waals surface area contributed by atoms with E-state index in [4.69, 9.17) is 9.88 Å². The number of carbonyl (C=O) groups is 1. The van der Waals surface area contributed by atoms with Gasteiger partial charge in [-0.3, -0.25) is 4.79 Å². The normalized spacial score (nSPS) is 12.5. The number of amides is 1. The lowest BCUT2D eigenvalue weighted by Gasteiger charge is -2.15. The minimum absolute atomic E-state index is 0.0151. The van der Waals surface area contributed by atoms with Crippen LogP contribution in [0.15, 0.2) is 53.4 Å². The molecular formula is C15H15IN2O4S. The van der Waals surface area contributed by atoms with Crippen LogP contribution in [0.3, 0.4) is 0 Å². The summed E-state index contributed by atoms with van der Waals surface area (Å²) in [5.41, 5.74) is 0.459. The summed E-state index contributed by atoms with van der Waals surface area (Å²) in [6, 6.07) is 12.9. The van der Waals surface area contributed by atoms with Crippen LogP contribution in [-0.4, -0.2) is 20.4 Å². The number of ether oxygens (including phenoxy) is 1. The second-order valence-electron chi connectivity index (χ2n) is 4.77. The molecule has 2 aromatic rings. The summed E-state index contributed by atoms with van der Waals surface area (Å²) >= 11 is 2.18. The van der Waals surface area contributed by atoms with E-state index in [1.54, 1.807) is 19.1 Å². The topological polar surface area (TPSA) is 98.5 Å². The van der Waals surface area contributed by atoms with Crippen LogP contribution in [-0.2, 0) is 14.8 Å². The van der Waals surface area contributed by atoms with Gasteiger partial charge in [0.25, 0.3) is 5.91 Å². The lowest BCUT2D eigenvalue weighted by molar-refractivity contribution is -0.122. The van der Waals surface area contributed by atoms with Crippen molar-refractivity contribution >= 4 is 44.2 Å². The summed E-state index contributed by atoms with van der Waals surface area (Å²) in [7, 11) is -3.75. The van der Waals surface area contributed by atoms with Gasteiger partial charge in [-0.15, -0.1) is 0 Å². The van der Waals surface area contributed by atoms with Gasteiger partial charge in [-0.25, -0.2) is 13.6 Å². The third-order valence-corrected chi connectivity index (χ3v) is 4.59. The molecule has 0 fully saturated rings. The van der Waals surface area contributed by atoms with Crippen molar-refractivity contribution in [3.63, 3.8) is 0 Å². The molecule has 122 valence electrons. The van der Waals surface area contributed by atoms with Gasteiger partial charge in [-0.2, -0.15) is 0 Å². The van der Waals surface area contributed by atoms with Crippen molar-refractivity contribution in [2.24, 2.45) is 5.14 Å². The van der Waals surface area contributed by atoms with Gasteiger partial charge >= 0.3 is 0 Å². The molecule has 1 atom stereocenters. The molecule has 0 aromatic heterocycles. The van der Waals surface area contributed by atoms with Crippen LogP contribution in [0.1, 0.15) is 6.92 Å². The standard InChI is InChI=1S/C15H15IN2O4S/c1-10(22-13-6-2-11(16)3-7-13)15(19)18-12-4-8-14(9-5-12)23(17,20)21/h2-10H,1H3,(H,18,19)(H2,17,20,21)/t10-/m1/s1. The Labute approximate surface area is 148 Å². The summed E-state index contributed by atoms with van der Waals surface area (Å²) in [4.78, 5) is 12.1. The van der Waals surface area contributed by atoms with Gasteiger partial charge in [0, 0.05) is 9.26 Å². The zero-order chi connectivity index (χ0) is 17.0. The van der Waals surface area contributed by atoms with Crippen molar-refractivity contribution in [3.8, 4) is 5.75 Å². The lowest BCUT2D eigenvalue weighted by atomic mass is 10.3. The van der Waals surface area contributed by atoms with Crippen LogP contribution in [0, 0.1) is 3.57 Å². The van der Waals surface area contributed by atoms with Crippen LogP contribution in [0.5, 0.6) is 5.75 Å². The predicted octanol–water partition coefficient (Wildman–Crippen LogP) is 2.34. The summed E-state index contributed by atoms with van der Waals surface area (Å²) in [5, 5.41) is 7.67. The number of halogens is 1. The summed E-state index contributed by atoms with van der Waals surface area (Å²) in [6.45, 7) is 1.63. The van der Waals surface area contributed by atoms with Gasteiger partial charge in [0.15, 0.2) is 6.10 Å². The Morgan fingerprint density at radius 3 is 2.22 bits per heavy atom. The molecule has 6 nitrogen and oxygen atoms in total. The van der Waals surface area contributed by atoms with Crippen molar-refractivity contribution in [1.29, 1.82) is 0 Å². The van der Waals surface area contributed by atoms with Crippen molar-refractivity contribution in [1.82, 2.24) is 0 Å². The average Bonchev–Trinajstić information content (AvgIpc) is 2.49. The highest BCUT2D eigenvalue weighted by Crippen LogP contribution is 2.16. The monoisotopic (exact) mass is 446 g/mol. The van der Waals surface area contributed by atoms with Gasteiger partial charge in [0.2, 0.25) is 10.0 Å². The van der Waals surface area contributed by atoms with Crippen LogP contribution < -0.4 is 15.2 Å². The SMILES string of the molecule is C[C@@H](Oc1ccc(I)cc1)C(=O)Nc1ccc(S(N)(=O)=O)cc1. The molecule has 0 saturated heterocycles. The second-order valence-corrected chi connectivity index (χ2v) is 7.58. The molecule has 3 N–H and O–H groups in total. The van der Waals surface area contributed by atoms with Gasteiger partial charge < -0.3 is 10.1 Å². The number of rotatable bonds is 5. The molecule has 0 saturated carbocycles. The number of nitrogens with two attached hydrogens (primary N) is 1. The van der Waals surface area contributed by atoms with Crippen LogP contribution in [0.4, 0.5) is 5.69 Å². The minimum Gasteiger partial charge on any atom is -0.481 e. The molecule has 0 aliphatic heterocycles. The van der Waals surface area contributed by atoms with E-state index in [2.05, 4.69) is 27.9 Å². The Kier molecular flexibility index (Phi) is 5.60. The summed E-state index contributed by atoms with van der Waals surface area (Å²) in [6.07, 6.45) is -0.701. The maximum absolute atomic E-state index is 12.1. The number of carbonyl (C=O) groups excluding carboxylic acids is 1. The number of nitrogens with one attached hydrogen (secondary N) is 1. The van der Waals surface area contributed by atoms with E-state index in [0.29, 0.717) is 11.4 Å². The Balaban J connectivity index is 1.99. The first-order chi connectivity index (χ1) is 10.8. The van der Waals surface area contributed by atoms with E-state index >= 15 is 0 Å². The first-order valence-electron chi connectivity index (χ1n) is 6.61. The summed E-state index contributed by atoms with van der Waals surface area (Å²) in [5.74, 6) is 0.254. The fraction of sp³-hybridized carbons (Fsp3) is 0.133. The molecule has 8 heteroatoms.